The third-order valence-electron chi connectivity index (χ3n) is 3.07. The summed E-state index contributed by atoms with van der Waals surface area (Å²) >= 11 is 1.76. The molecule has 0 aromatic heterocycles. The van der Waals surface area contributed by atoms with Gasteiger partial charge in [-0.3, -0.25) is 0 Å². The summed E-state index contributed by atoms with van der Waals surface area (Å²) in [7, 11) is -1.97. The smallest absolute Gasteiger partial charge is 0.240 e. The van der Waals surface area contributed by atoms with Crippen molar-refractivity contribution in [3.63, 3.8) is 0 Å². The van der Waals surface area contributed by atoms with E-state index in [0.717, 1.165) is 11.3 Å². The second kappa shape index (κ2) is 7.67. The molecule has 0 radical (unpaired) electrons. The van der Waals surface area contributed by atoms with Gasteiger partial charge in [0.15, 0.2) is 0 Å². The molecule has 0 fully saturated rings. The largest absolute Gasteiger partial charge is 0.497 e. The van der Waals surface area contributed by atoms with Crippen molar-refractivity contribution in [2.45, 2.75) is 23.3 Å². The van der Waals surface area contributed by atoms with Gasteiger partial charge in [-0.25, -0.2) is 13.1 Å². The minimum atomic E-state index is -3.51. The molecular formula is C16H19NO3S2. The molecule has 0 aliphatic carbocycles. The van der Waals surface area contributed by atoms with Crippen LogP contribution in [-0.2, 0) is 16.6 Å². The molecule has 0 aliphatic heterocycles. The molecule has 22 heavy (non-hydrogen) atoms. The van der Waals surface area contributed by atoms with Crippen molar-refractivity contribution in [3.05, 3.63) is 54.1 Å². The van der Waals surface area contributed by atoms with Gasteiger partial charge in [0.05, 0.1) is 12.0 Å². The summed E-state index contributed by atoms with van der Waals surface area (Å²) < 4.78 is 32.1. The highest BCUT2D eigenvalue weighted by atomic mass is 32.2. The predicted molar refractivity (Wildman–Crippen MR) is 89.9 cm³/mol. The van der Waals surface area contributed by atoms with Crippen LogP contribution in [0, 0.1) is 0 Å². The Morgan fingerprint density at radius 2 is 1.68 bits per heavy atom. The first-order valence-corrected chi connectivity index (χ1v) is 9.37. The minimum Gasteiger partial charge on any atom is -0.497 e. The maximum Gasteiger partial charge on any atom is 0.240 e. The van der Waals surface area contributed by atoms with Gasteiger partial charge in [0.2, 0.25) is 10.0 Å². The van der Waals surface area contributed by atoms with Gasteiger partial charge in [0, 0.05) is 11.4 Å². The van der Waals surface area contributed by atoms with Crippen LogP contribution >= 0.6 is 11.8 Å². The number of nitrogens with one attached hydrogen (secondary N) is 1. The molecule has 0 saturated heterocycles. The summed E-state index contributed by atoms with van der Waals surface area (Å²) in [5.41, 5.74) is 0.928. The molecule has 0 spiro atoms. The van der Waals surface area contributed by atoms with Gasteiger partial charge in [-0.1, -0.05) is 19.1 Å². The Labute approximate surface area is 135 Å². The first-order chi connectivity index (χ1) is 10.5. The molecule has 118 valence electrons. The molecule has 2 rings (SSSR count). The molecule has 1 N–H and O–H groups in total. The molecule has 0 atom stereocenters. The maximum atomic E-state index is 12.2. The van der Waals surface area contributed by atoms with E-state index < -0.39 is 10.0 Å². The lowest BCUT2D eigenvalue weighted by molar-refractivity contribution is 0.414. The van der Waals surface area contributed by atoms with Crippen molar-refractivity contribution >= 4 is 21.8 Å². The summed E-state index contributed by atoms with van der Waals surface area (Å²) in [4.78, 5) is 1.41. The summed E-state index contributed by atoms with van der Waals surface area (Å²) in [6.07, 6.45) is 0. The second-order valence-corrected chi connectivity index (χ2v) is 7.68. The Morgan fingerprint density at radius 3 is 2.23 bits per heavy atom. The van der Waals surface area contributed by atoms with E-state index in [1.807, 2.05) is 24.3 Å². The summed E-state index contributed by atoms with van der Waals surface area (Å²) in [5.74, 6) is 1.65. The molecule has 0 bridgehead atoms. The van der Waals surface area contributed by atoms with Gasteiger partial charge in [0.1, 0.15) is 5.75 Å². The third kappa shape index (κ3) is 4.50. The topological polar surface area (TPSA) is 55.4 Å². The quantitative estimate of drug-likeness (QED) is 0.788. The van der Waals surface area contributed by atoms with Crippen LogP contribution in [-0.4, -0.2) is 21.3 Å². The Bertz CT molecular complexity index is 695. The average Bonchev–Trinajstić information content (AvgIpc) is 2.55. The van der Waals surface area contributed by atoms with E-state index in [2.05, 4.69) is 11.6 Å². The second-order valence-electron chi connectivity index (χ2n) is 4.58. The van der Waals surface area contributed by atoms with Crippen LogP contribution in [0.25, 0.3) is 0 Å². The standard InChI is InChI=1S/C16H19NO3S2/c1-3-21-15-8-4-13(5-9-15)12-17-22(18,19)16-10-6-14(20-2)7-11-16/h4-11,17H,3,12H2,1-2H3. The van der Waals surface area contributed by atoms with Crippen molar-refractivity contribution in [2.75, 3.05) is 12.9 Å². The van der Waals surface area contributed by atoms with Crippen molar-refractivity contribution < 1.29 is 13.2 Å². The van der Waals surface area contributed by atoms with Gasteiger partial charge in [0.25, 0.3) is 0 Å². The van der Waals surface area contributed by atoms with Crippen LogP contribution in [0.4, 0.5) is 0 Å². The molecule has 0 aliphatic rings. The first-order valence-electron chi connectivity index (χ1n) is 6.90. The van der Waals surface area contributed by atoms with Crippen molar-refractivity contribution in [2.24, 2.45) is 0 Å². The number of thioether (sulfide) groups is 1. The van der Waals surface area contributed by atoms with Gasteiger partial charge in [-0.05, 0) is 47.7 Å². The Morgan fingerprint density at radius 1 is 1.05 bits per heavy atom. The molecule has 0 amide bonds. The molecule has 0 unspecified atom stereocenters. The normalized spacial score (nSPS) is 11.4. The van der Waals surface area contributed by atoms with Gasteiger partial charge in [-0.15, -0.1) is 11.8 Å². The number of hydrogen-bond acceptors (Lipinski definition) is 4. The Hall–Kier alpha value is -1.50. The highest BCUT2D eigenvalue weighted by Gasteiger charge is 2.13. The fourth-order valence-electron chi connectivity index (χ4n) is 1.89. The van der Waals surface area contributed by atoms with Crippen LogP contribution < -0.4 is 9.46 Å². The van der Waals surface area contributed by atoms with Crippen molar-refractivity contribution in [1.82, 2.24) is 4.72 Å². The number of benzene rings is 2. The highest BCUT2D eigenvalue weighted by Crippen LogP contribution is 2.18. The highest BCUT2D eigenvalue weighted by molar-refractivity contribution is 7.99. The molecule has 4 nitrogen and oxygen atoms in total. The molecule has 0 heterocycles. The molecule has 6 heteroatoms. The number of sulfonamides is 1. The molecule has 0 saturated carbocycles. The zero-order chi connectivity index (χ0) is 16.0. The van der Waals surface area contributed by atoms with Crippen LogP contribution in [0.3, 0.4) is 0 Å². The molecule has 2 aromatic rings. The van der Waals surface area contributed by atoms with E-state index in [9.17, 15) is 8.42 Å². The molecular weight excluding hydrogens is 318 g/mol. The lowest BCUT2D eigenvalue weighted by atomic mass is 10.2. The third-order valence-corrected chi connectivity index (χ3v) is 5.38. The predicted octanol–water partition coefficient (Wildman–Crippen LogP) is 3.29. The van der Waals surface area contributed by atoms with Gasteiger partial charge >= 0.3 is 0 Å². The van der Waals surface area contributed by atoms with E-state index in [0.29, 0.717) is 5.75 Å². The van der Waals surface area contributed by atoms with Crippen molar-refractivity contribution in [1.29, 1.82) is 0 Å². The summed E-state index contributed by atoms with van der Waals surface area (Å²) in [6, 6.07) is 14.2. The SMILES string of the molecule is CCSc1ccc(CNS(=O)(=O)c2ccc(OC)cc2)cc1. The lowest BCUT2D eigenvalue weighted by Crippen LogP contribution is -2.23. The number of methoxy groups -OCH3 is 1. The summed E-state index contributed by atoms with van der Waals surface area (Å²) in [6.45, 7) is 2.37. The first kappa shape index (κ1) is 16.9. The van der Waals surface area contributed by atoms with Gasteiger partial charge < -0.3 is 4.74 Å². The van der Waals surface area contributed by atoms with E-state index in [1.165, 1.54) is 17.0 Å². The maximum absolute atomic E-state index is 12.2. The molecule has 2 aromatic carbocycles. The van der Waals surface area contributed by atoms with E-state index >= 15 is 0 Å². The zero-order valence-corrected chi connectivity index (χ0v) is 14.2. The number of hydrogen-bond donors (Lipinski definition) is 1. The van der Waals surface area contributed by atoms with Crippen LogP contribution in [0.15, 0.2) is 58.3 Å². The fourth-order valence-corrected chi connectivity index (χ4v) is 3.57. The summed E-state index contributed by atoms with van der Waals surface area (Å²) in [5, 5.41) is 0. The van der Waals surface area contributed by atoms with Gasteiger partial charge in [-0.2, -0.15) is 0 Å². The van der Waals surface area contributed by atoms with E-state index in [4.69, 9.17) is 4.74 Å². The lowest BCUT2D eigenvalue weighted by Gasteiger charge is -2.08. The number of ether oxygens (including phenoxy) is 1. The van der Waals surface area contributed by atoms with E-state index in [1.54, 1.807) is 31.0 Å². The van der Waals surface area contributed by atoms with Crippen LogP contribution in [0.1, 0.15) is 12.5 Å². The average molecular weight is 337 g/mol. The fraction of sp³-hybridized carbons (Fsp3) is 0.250. The number of rotatable bonds is 7. The van der Waals surface area contributed by atoms with Crippen LogP contribution in [0.2, 0.25) is 0 Å². The van der Waals surface area contributed by atoms with E-state index in [-0.39, 0.29) is 11.4 Å². The zero-order valence-electron chi connectivity index (χ0n) is 12.6. The monoisotopic (exact) mass is 337 g/mol. The van der Waals surface area contributed by atoms with Crippen molar-refractivity contribution in [3.8, 4) is 5.75 Å². The van der Waals surface area contributed by atoms with Crippen LogP contribution in [0.5, 0.6) is 5.75 Å². The Balaban J connectivity index is 2.02. The minimum absolute atomic E-state index is 0.228. The Kier molecular flexibility index (Phi) is 5.88.